The van der Waals surface area contributed by atoms with E-state index in [0.29, 0.717) is 12.4 Å². The Labute approximate surface area is 99.6 Å². The van der Waals surface area contributed by atoms with Crippen molar-refractivity contribution in [3.05, 3.63) is 17.7 Å². The summed E-state index contributed by atoms with van der Waals surface area (Å²) in [4.78, 5) is 15.5. The molecule has 94 valence electrons. The highest BCUT2D eigenvalue weighted by Crippen LogP contribution is 2.19. The highest BCUT2D eigenvalue weighted by molar-refractivity contribution is 5.92. The monoisotopic (exact) mass is 240 g/mol. The van der Waals surface area contributed by atoms with Crippen molar-refractivity contribution < 1.29 is 19.4 Å². The maximum Gasteiger partial charge on any atom is 0.343 e. The molecular formula is C11H16N2O4. The van der Waals surface area contributed by atoms with E-state index in [0.717, 1.165) is 0 Å². The standard InChI is InChI=1S/C11H16N2O4/c1-7(14)6-12-9-5-4-8(11(15)17-3)10(13-9)16-2/h4-5,7,14H,6H2,1-3H3,(H,12,13). The summed E-state index contributed by atoms with van der Waals surface area (Å²) in [7, 11) is 2.72. The Morgan fingerprint density at radius 2 is 2.24 bits per heavy atom. The first-order valence-corrected chi connectivity index (χ1v) is 5.13. The van der Waals surface area contributed by atoms with Crippen LogP contribution in [0.4, 0.5) is 5.82 Å². The van der Waals surface area contributed by atoms with Crippen molar-refractivity contribution in [1.82, 2.24) is 4.98 Å². The average molecular weight is 240 g/mol. The average Bonchev–Trinajstić information content (AvgIpc) is 2.34. The Hall–Kier alpha value is -1.82. The van der Waals surface area contributed by atoms with Gasteiger partial charge in [0, 0.05) is 6.54 Å². The van der Waals surface area contributed by atoms with Crippen molar-refractivity contribution in [2.75, 3.05) is 26.1 Å². The van der Waals surface area contributed by atoms with E-state index in [1.165, 1.54) is 14.2 Å². The van der Waals surface area contributed by atoms with E-state index in [9.17, 15) is 4.79 Å². The third-order valence-electron chi connectivity index (χ3n) is 2.04. The summed E-state index contributed by atoms with van der Waals surface area (Å²) in [6, 6.07) is 3.18. The van der Waals surface area contributed by atoms with Crippen LogP contribution in [0.2, 0.25) is 0 Å². The molecular weight excluding hydrogens is 224 g/mol. The number of nitrogens with zero attached hydrogens (tertiary/aromatic N) is 1. The van der Waals surface area contributed by atoms with Crippen LogP contribution >= 0.6 is 0 Å². The van der Waals surface area contributed by atoms with E-state index >= 15 is 0 Å². The number of hydrogen-bond acceptors (Lipinski definition) is 6. The van der Waals surface area contributed by atoms with Gasteiger partial charge >= 0.3 is 5.97 Å². The number of methoxy groups -OCH3 is 2. The van der Waals surface area contributed by atoms with Gasteiger partial charge < -0.3 is 19.9 Å². The molecule has 0 bridgehead atoms. The lowest BCUT2D eigenvalue weighted by molar-refractivity contribution is 0.0596. The van der Waals surface area contributed by atoms with E-state index in [4.69, 9.17) is 9.84 Å². The van der Waals surface area contributed by atoms with Gasteiger partial charge in [0.1, 0.15) is 11.4 Å². The fraction of sp³-hybridized carbons (Fsp3) is 0.455. The van der Waals surface area contributed by atoms with E-state index in [-0.39, 0.29) is 11.4 Å². The van der Waals surface area contributed by atoms with Gasteiger partial charge in [-0.15, -0.1) is 0 Å². The Morgan fingerprint density at radius 1 is 1.53 bits per heavy atom. The molecule has 1 aromatic heterocycles. The molecule has 0 aliphatic heterocycles. The molecule has 0 saturated carbocycles. The number of nitrogens with one attached hydrogen (secondary N) is 1. The molecule has 6 heteroatoms. The predicted octanol–water partition coefficient (Wildman–Crippen LogP) is 0.669. The number of anilines is 1. The molecule has 0 fully saturated rings. The van der Waals surface area contributed by atoms with Crippen molar-refractivity contribution in [3.63, 3.8) is 0 Å². The lowest BCUT2D eigenvalue weighted by Crippen LogP contribution is -2.16. The molecule has 0 aliphatic rings. The first kappa shape index (κ1) is 13.2. The van der Waals surface area contributed by atoms with Gasteiger partial charge in [-0.25, -0.2) is 4.79 Å². The number of esters is 1. The molecule has 1 heterocycles. The molecule has 0 spiro atoms. The summed E-state index contributed by atoms with van der Waals surface area (Å²) >= 11 is 0. The molecule has 17 heavy (non-hydrogen) atoms. The van der Waals surface area contributed by atoms with Gasteiger partial charge in [0.15, 0.2) is 0 Å². The van der Waals surface area contributed by atoms with Crippen LogP contribution in [0.25, 0.3) is 0 Å². The molecule has 0 aromatic carbocycles. The second kappa shape index (κ2) is 6.05. The number of aliphatic hydroxyl groups excluding tert-OH is 1. The summed E-state index contributed by atoms with van der Waals surface area (Å²) in [5.74, 6) is 0.208. The van der Waals surface area contributed by atoms with Crippen LogP contribution in [0.3, 0.4) is 0 Å². The van der Waals surface area contributed by atoms with Gasteiger partial charge in [0.05, 0.1) is 20.3 Å². The van der Waals surface area contributed by atoms with Crippen molar-refractivity contribution in [2.45, 2.75) is 13.0 Å². The largest absolute Gasteiger partial charge is 0.480 e. The maximum atomic E-state index is 11.4. The molecule has 1 rings (SSSR count). The Balaban J connectivity index is 2.88. The fourth-order valence-corrected chi connectivity index (χ4v) is 1.21. The topological polar surface area (TPSA) is 80.7 Å². The normalized spacial score (nSPS) is 11.8. The van der Waals surface area contributed by atoms with Crippen LogP contribution < -0.4 is 10.1 Å². The minimum Gasteiger partial charge on any atom is -0.480 e. The summed E-state index contributed by atoms with van der Waals surface area (Å²) in [6.45, 7) is 2.03. The quantitative estimate of drug-likeness (QED) is 0.736. The first-order chi connectivity index (χ1) is 8.08. The molecule has 0 amide bonds. The molecule has 0 aliphatic carbocycles. The fourth-order valence-electron chi connectivity index (χ4n) is 1.21. The zero-order valence-electron chi connectivity index (χ0n) is 10.1. The first-order valence-electron chi connectivity index (χ1n) is 5.13. The van der Waals surface area contributed by atoms with E-state index in [1.54, 1.807) is 19.1 Å². The molecule has 1 atom stereocenters. The number of rotatable bonds is 5. The predicted molar refractivity (Wildman–Crippen MR) is 62.3 cm³/mol. The number of aliphatic hydroxyl groups is 1. The summed E-state index contributed by atoms with van der Waals surface area (Å²) < 4.78 is 9.60. The molecule has 0 radical (unpaired) electrons. The molecule has 2 N–H and O–H groups in total. The highest BCUT2D eigenvalue weighted by atomic mass is 16.5. The highest BCUT2D eigenvalue weighted by Gasteiger charge is 2.14. The third-order valence-corrected chi connectivity index (χ3v) is 2.04. The zero-order chi connectivity index (χ0) is 12.8. The van der Waals surface area contributed by atoms with Crippen LogP contribution in [0, 0.1) is 0 Å². The number of hydrogen-bond donors (Lipinski definition) is 2. The van der Waals surface area contributed by atoms with Crippen molar-refractivity contribution >= 4 is 11.8 Å². The van der Waals surface area contributed by atoms with Gasteiger partial charge in [-0.3, -0.25) is 0 Å². The summed E-state index contributed by atoms with van der Waals surface area (Å²) in [6.07, 6.45) is -0.483. The van der Waals surface area contributed by atoms with Crippen LogP contribution in [-0.4, -0.2) is 42.9 Å². The maximum absolute atomic E-state index is 11.4. The second-order valence-corrected chi connectivity index (χ2v) is 3.47. The van der Waals surface area contributed by atoms with Crippen molar-refractivity contribution in [3.8, 4) is 5.88 Å². The number of carbonyl (C=O) groups excluding carboxylic acids is 1. The zero-order valence-corrected chi connectivity index (χ0v) is 10.1. The second-order valence-electron chi connectivity index (χ2n) is 3.47. The van der Waals surface area contributed by atoms with Crippen molar-refractivity contribution in [2.24, 2.45) is 0 Å². The molecule has 0 saturated heterocycles. The van der Waals surface area contributed by atoms with Gasteiger partial charge in [-0.2, -0.15) is 4.98 Å². The Kier molecular flexibility index (Phi) is 4.71. The number of carbonyl (C=O) groups is 1. The van der Waals surface area contributed by atoms with Crippen LogP contribution in [0.1, 0.15) is 17.3 Å². The van der Waals surface area contributed by atoms with Crippen LogP contribution in [0.5, 0.6) is 5.88 Å². The third kappa shape index (κ3) is 3.60. The van der Waals surface area contributed by atoms with E-state index < -0.39 is 12.1 Å². The minimum atomic E-state index is -0.503. The van der Waals surface area contributed by atoms with Gasteiger partial charge in [-0.1, -0.05) is 0 Å². The lowest BCUT2D eigenvalue weighted by atomic mass is 10.2. The SMILES string of the molecule is COC(=O)c1ccc(NCC(C)O)nc1OC. The number of ether oxygens (including phenoxy) is 2. The lowest BCUT2D eigenvalue weighted by Gasteiger charge is -2.10. The molecule has 6 nitrogen and oxygen atoms in total. The van der Waals surface area contributed by atoms with E-state index in [1.807, 2.05) is 0 Å². The van der Waals surface area contributed by atoms with E-state index in [2.05, 4.69) is 15.0 Å². The van der Waals surface area contributed by atoms with Gasteiger partial charge in [0.2, 0.25) is 5.88 Å². The molecule has 1 unspecified atom stereocenters. The summed E-state index contributed by atoms with van der Waals surface area (Å²) in [5, 5.41) is 12.0. The van der Waals surface area contributed by atoms with Gasteiger partial charge in [-0.05, 0) is 19.1 Å². The Morgan fingerprint density at radius 3 is 2.76 bits per heavy atom. The van der Waals surface area contributed by atoms with Gasteiger partial charge in [0.25, 0.3) is 0 Å². The smallest absolute Gasteiger partial charge is 0.343 e. The number of aromatic nitrogens is 1. The number of pyridine rings is 1. The van der Waals surface area contributed by atoms with Crippen LogP contribution in [0.15, 0.2) is 12.1 Å². The molecule has 1 aromatic rings. The minimum absolute atomic E-state index is 0.187. The van der Waals surface area contributed by atoms with Crippen LogP contribution in [-0.2, 0) is 4.74 Å². The Bertz CT molecular complexity index is 393. The van der Waals surface area contributed by atoms with Crippen molar-refractivity contribution in [1.29, 1.82) is 0 Å². The summed E-state index contributed by atoms with van der Waals surface area (Å²) in [5.41, 5.74) is 0.262.